The summed E-state index contributed by atoms with van der Waals surface area (Å²) in [5.41, 5.74) is 0.924. The van der Waals surface area contributed by atoms with Gasteiger partial charge in [0.25, 0.3) is 0 Å². The van der Waals surface area contributed by atoms with Crippen molar-refractivity contribution in [2.45, 2.75) is 18.3 Å². The zero-order valence-electron chi connectivity index (χ0n) is 16.5. The lowest BCUT2D eigenvalue weighted by Crippen LogP contribution is -2.16. The summed E-state index contributed by atoms with van der Waals surface area (Å²) >= 11 is 1.16. The molecule has 0 aliphatic carbocycles. The fraction of sp³-hybridized carbons (Fsp3) is 0.143. The highest BCUT2D eigenvalue weighted by atomic mass is 32.2. The minimum Gasteiger partial charge on any atom is -0.467 e. The molecule has 0 saturated carbocycles. The van der Waals surface area contributed by atoms with Gasteiger partial charge in [0.15, 0.2) is 11.0 Å². The molecule has 4 rings (SSSR count). The molecule has 0 spiro atoms. The fourth-order valence-electron chi connectivity index (χ4n) is 2.89. The van der Waals surface area contributed by atoms with E-state index < -0.39 is 12.5 Å². The Hall–Kier alpha value is -3.73. The van der Waals surface area contributed by atoms with E-state index in [1.807, 2.05) is 16.7 Å². The topological polar surface area (TPSA) is 95.1 Å². The van der Waals surface area contributed by atoms with Crippen LogP contribution < -0.4 is 10.1 Å². The third kappa shape index (κ3) is 5.30. The molecule has 1 aromatic carbocycles. The van der Waals surface area contributed by atoms with Crippen molar-refractivity contribution in [2.24, 2.45) is 0 Å². The molecule has 11 heteroatoms. The molecular formula is C21H17F2N5O3S. The van der Waals surface area contributed by atoms with Crippen LogP contribution in [0.5, 0.6) is 5.75 Å². The second kappa shape index (κ2) is 10.1. The largest absolute Gasteiger partial charge is 0.467 e. The smallest absolute Gasteiger partial charge is 0.387 e. The Balaban J connectivity index is 1.50. The van der Waals surface area contributed by atoms with Crippen LogP contribution >= 0.6 is 11.8 Å². The van der Waals surface area contributed by atoms with E-state index in [0.29, 0.717) is 23.3 Å². The number of amides is 1. The zero-order valence-corrected chi connectivity index (χ0v) is 17.3. The van der Waals surface area contributed by atoms with Crippen molar-refractivity contribution < 1.29 is 22.7 Å². The molecule has 4 aromatic rings. The van der Waals surface area contributed by atoms with Crippen LogP contribution in [-0.2, 0) is 11.3 Å². The van der Waals surface area contributed by atoms with Crippen molar-refractivity contribution in [1.29, 1.82) is 0 Å². The van der Waals surface area contributed by atoms with Crippen LogP contribution in [0.15, 0.2) is 76.8 Å². The number of pyridine rings is 1. The molecule has 1 N–H and O–H groups in total. The number of benzene rings is 1. The van der Waals surface area contributed by atoms with E-state index in [4.69, 9.17) is 4.42 Å². The number of hydrogen-bond donors (Lipinski definition) is 1. The molecule has 0 bridgehead atoms. The van der Waals surface area contributed by atoms with Gasteiger partial charge in [-0.3, -0.25) is 14.3 Å². The van der Waals surface area contributed by atoms with E-state index in [1.54, 1.807) is 42.9 Å². The summed E-state index contributed by atoms with van der Waals surface area (Å²) in [5, 5.41) is 11.5. The van der Waals surface area contributed by atoms with Crippen molar-refractivity contribution in [3.8, 4) is 17.1 Å². The average Bonchev–Trinajstić information content (AvgIpc) is 3.44. The van der Waals surface area contributed by atoms with Gasteiger partial charge < -0.3 is 14.5 Å². The van der Waals surface area contributed by atoms with Crippen LogP contribution in [-0.4, -0.2) is 38.0 Å². The average molecular weight is 457 g/mol. The van der Waals surface area contributed by atoms with Crippen LogP contribution in [0, 0.1) is 0 Å². The minimum absolute atomic E-state index is 0.0215. The lowest BCUT2D eigenvalue weighted by molar-refractivity contribution is -0.113. The molecule has 3 heterocycles. The van der Waals surface area contributed by atoms with Gasteiger partial charge in [0.1, 0.15) is 11.5 Å². The molecular weight excluding hydrogens is 440 g/mol. The van der Waals surface area contributed by atoms with Gasteiger partial charge in [-0.25, -0.2) is 0 Å². The van der Waals surface area contributed by atoms with Crippen molar-refractivity contribution in [3.63, 3.8) is 0 Å². The Morgan fingerprint density at radius 2 is 2.03 bits per heavy atom. The Morgan fingerprint density at radius 3 is 2.78 bits per heavy atom. The van der Waals surface area contributed by atoms with Crippen LogP contribution in [0.25, 0.3) is 11.4 Å². The standard InChI is InChI=1S/C21H17F2N5O3S/c22-20(23)31-17-8-2-1-7-16(17)25-18(29)13-32-21-27-26-19(14-5-3-9-24-11-14)28(21)12-15-6-4-10-30-15/h1-11,20H,12-13H2,(H,25,29). The molecule has 0 atom stereocenters. The fourth-order valence-corrected chi connectivity index (χ4v) is 3.63. The first kappa shape index (κ1) is 21.5. The third-order valence-corrected chi connectivity index (χ3v) is 5.21. The number of alkyl halides is 2. The molecule has 0 unspecified atom stereocenters. The Bertz CT molecular complexity index is 1170. The summed E-state index contributed by atoms with van der Waals surface area (Å²) in [5.74, 6) is 0.732. The summed E-state index contributed by atoms with van der Waals surface area (Å²) in [6.45, 7) is -2.63. The maximum Gasteiger partial charge on any atom is 0.387 e. The summed E-state index contributed by atoms with van der Waals surface area (Å²) in [6, 6.07) is 13.3. The van der Waals surface area contributed by atoms with E-state index in [-0.39, 0.29) is 17.2 Å². The highest BCUT2D eigenvalue weighted by Gasteiger charge is 2.18. The molecule has 32 heavy (non-hydrogen) atoms. The van der Waals surface area contributed by atoms with E-state index in [0.717, 1.165) is 17.3 Å². The molecule has 8 nitrogen and oxygen atoms in total. The Kier molecular flexibility index (Phi) is 6.75. The lowest BCUT2D eigenvalue weighted by atomic mass is 10.2. The molecule has 1 amide bonds. The van der Waals surface area contributed by atoms with Gasteiger partial charge in [-0.2, -0.15) is 8.78 Å². The summed E-state index contributed by atoms with van der Waals surface area (Å²) in [7, 11) is 0. The predicted octanol–water partition coefficient (Wildman–Crippen LogP) is 4.31. The highest BCUT2D eigenvalue weighted by Crippen LogP contribution is 2.27. The van der Waals surface area contributed by atoms with Gasteiger partial charge in [-0.05, 0) is 36.4 Å². The number of nitrogens with one attached hydrogen (secondary N) is 1. The molecule has 3 aromatic heterocycles. The number of aromatic nitrogens is 4. The minimum atomic E-state index is -2.99. The number of hydrogen-bond acceptors (Lipinski definition) is 7. The van der Waals surface area contributed by atoms with Gasteiger partial charge in [0, 0.05) is 18.0 Å². The number of carbonyl (C=O) groups is 1. The second-order valence-corrected chi connectivity index (χ2v) is 7.37. The van der Waals surface area contributed by atoms with E-state index in [1.165, 1.54) is 12.1 Å². The van der Waals surface area contributed by atoms with Crippen molar-refractivity contribution in [2.75, 3.05) is 11.1 Å². The quantitative estimate of drug-likeness (QED) is 0.374. The maximum absolute atomic E-state index is 12.6. The van der Waals surface area contributed by atoms with Gasteiger partial charge in [0.2, 0.25) is 5.91 Å². The number of furan rings is 1. The number of para-hydroxylation sites is 2. The van der Waals surface area contributed by atoms with E-state index >= 15 is 0 Å². The monoisotopic (exact) mass is 457 g/mol. The summed E-state index contributed by atoms with van der Waals surface area (Å²) in [6.07, 6.45) is 4.90. The second-order valence-electron chi connectivity index (χ2n) is 6.42. The Morgan fingerprint density at radius 1 is 1.16 bits per heavy atom. The first-order valence-corrected chi connectivity index (χ1v) is 10.4. The first-order valence-electron chi connectivity index (χ1n) is 9.42. The molecule has 164 valence electrons. The lowest BCUT2D eigenvalue weighted by Gasteiger charge is -2.12. The van der Waals surface area contributed by atoms with E-state index in [2.05, 4.69) is 25.2 Å². The number of halogens is 2. The van der Waals surface area contributed by atoms with Crippen molar-refractivity contribution in [1.82, 2.24) is 19.7 Å². The number of carbonyl (C=O) groups excluding carboxylic acids is 1. The highest BCUT2D eigenvalue weighted by molar-refractivity contribution is 7.99. The van der Waals surface area contributed by atoms with Crippen molar-refractivity contribution in [3.05, 3.63) is 72.9 Å². The first-order chi connectivity index (χ1) is 15.6. The van der Waals surface area contributed by atoms with Crippen LogP contribution in [0.3, 0.4) is 0 Å². The van der Waals surface area contributed by atoms with E-state index in [9.17, 15) is 13.6 Å². The predicted molar refractivity (Wildman–Crippen MR) is 113 cm³/mol. The van der Waals surface area contributed by atoms with Crippen LogP contribution in [0.4, 0.5) is 14.5 Å². The summed E-state index contributed by atoms with van der Waals surface area (Å²) in [4.78, 5) is 16.6. The van der Waals surface area contributed by atoms with Crippen LogP contribution in [0.2, 0.25) is 0 Å². The number of ether oxygens (including phenoxy) is 1. The zero-order chi connectivity index (χ0) is 22.3. The van der Waals surface area contributed by atoms with Gasteiger partial charge >= 0.3 is 6.61 Å². The normalized spacial score (nSPS) is 11.0. The molecule has 0 aliphatic rings. The Labute approximate surface area is 185 Å². The molecule has 0 fully saturated rings. The van der Waals surface area contributed by atoms with Gasteiger partial charge in [-0.1, -0.05) is 23.9 Å². The number of nitrogens with zero attached hydrogens (tertiary/aromatic N) is 4. The SMILES string of the molecule is O=C(CSc1nnc(-c2cccnc2)n1Cc1ccco1)Nc1ccccc1OC(F)F. The van der Waals surface area contributed by atoms with Gasteiger partial charge in [-0.15, -0.1) is 10.2 Å². The molecule has 0 saturated heterocycles. The van der Waals surface area contributed by atoms with Gasteiger partial charge in [0.05, 0.1) is 24.2 Å². The van der Waals surface area contributed by atoms with Crippen LogP contribution in [0.1, 0.15) is 5.76 Å². The third-order valence-electron chi connectivity index (χ3n) is 4.24. The number of thioether (sulfide) groups is 1. The number of anilines is 1. The molecule has 0 aliphatic heterocycles. The maximum atomic E-state index is 12.6. The van der Waals surface area contributed by atoms with Crippen molar-refractivity contribution >= 4 is 23.4 Å². The summed E-state index contributed by atoms with van der Waals surface area (Å²) < 4.78 is 36.9. The molecule has 0 radical (unpaired) electrons. The number of rotatable bonds is 9.